The smallest absolute Gasteiger partial charge is 0.265 e. The zero-order chi connectivity index (χ0) is 25.9. The lowest BCUT2D eigenvalue weighted by Crippen LogP contribution is -2.49. The minimum Gasteiger partial charge on any atom is -0.388 e. The van der Waals surface area contributed by atoms with Crippen molar-refractivity contribution in [3.05, 3.63) is 88.4 Å². The van der Waals surface area contributed by atoms with Crippen LogP contribution in [-0.4, -0.2) is 54.9 Å². The Morgan fingerprint density at radius 3 is 2.68 bits per heavy atom. The number of anilines is 2. The molecule has 0 radical (unpaired) electrons. The van der Waals surface area contributed by atoms with Crippen molar-refractivity contribution in [1.82, 2.24) is 20.7 Å². The van der Waals surface area contributed by atoms with Crippen LogP contribution in [0.25, 0.3) is 0 Å². The van der Waals surface area contributed by atoms with Crippen molar-refractivity contribution in [2.75, 3.05) is 43.4 Å². The number of hydrogen-bond acceptors (Lipinski definition) is 7. The predicted octanol–water partition coefficient (Wildman–Crippen LogP) is 2.63. The maximum atomic E-state index is 14.8. The number of amides is 2. The average Bonchev–Trinajstić information content (AvgIpc) is 2.95. The van der Waals surface area contributed by atoms with Gasteiger partial charge in [-0.1, -0.05) is 6.07 Å². The molecule has 10 heteroatoms. The van der Waals surface area contributed by atoms with Crippen LogP contribution in [0.5, 0.6) is 0 Å². The molecule has 37 heavy (non-hydrogen) atoms. The van der Waals surface area contributed by atoms with Gasteiger partial charge in [0.1, 0.15) is 17.7 Å². The number of hydrazine groups is 1. The fourth-order valence-electron chi connectivity index (χ4n) is 4.72. The van der Waals surface area contributed by atoms with Gasteiger partial charge in [-0.25, -0.2) is 14.8 Å². The van der Waals surface area contributed by atoms with Crippen molar-refractivity contribution < 1.29 is 14.0 Å². The molecule has 188 valence electrons. The summed E-state index contributed by atoms with van der Waals surface area (Å²) in [6, 6.07) is 15.4. The fraction of sp³-hybridized carbons (Fsp3) is 0.259. The molecule has 2 aliphatic rings. The number of rotatable bonds is 5. The molecule has 0 bridgehead atoms. The number of piperazine rings is 1. The van der Waals surface area contributed by atoms with Crippen molar-refractivity contribution in [1.29, 1.82) is 5.26 Å². The second kappa shape index (κ2) is 10.2. The first-order chi connectivity index (χ1) is 18.0. The molecule has 2 aliphatic heterocycles. The highest BCUT2D eigenvalue weighted by molar-refractivity contribution is 5.97. The Labute approximate surface area is 213 Å². The first kappa shape index (κ1) is 24.2. The minimum absolute atomic E-state index is 0.0338. The largest absolute Gasteiger partial charge is 0.388 e. The van der Waals surface area contributed by atoms with Gasteiger partial charge in [0.25, 0.3) is 11.8 Å². The Morgan fingerprint density at radius 2 is 1.97 bits per heavy atom. The molecule has 1 aromatic heterocycles. The summed E-state index contributed by atoms with van der Waals surface area (Å²) in [4.78, 5) is 33.5. The number of nitrogens with zero attached hydrogens (tertiary/aromatic N) is 4. The van der Waals surface area contributed by atoms with Crippen LogP contribution in [0.15, 0.2) is 54.7 Å². The van der Waals surface area contributed by atoms with Crippen LogP contribution in [0, 0.1) is 17.1 Å². The summed E-state index contributed by atoms with van der Waals surface area (Å²) in [5.74, 6) is -0.380. The van der Waals surface area contributed by atoms with Crippen LogP contribution in [0.1, 0.15) is 43.4 Å². The molecule has 1 atom stereocenters. The standard InChI is InChI=1S/C27H26FN7O2/c1-30-19-4-5-20-21(14-19)24(32-33-26(20)36)13-17-2-6-23(28)22(12-17)27(37)35-10-8-34(9-11-35)25-7-3-18(15-29)16-31-25/h2-7,12,14,16,24,30,32H,8-11,13H2,1H3,(H,33,36). The maximum Gasteiger partial charge on any atom is 0.265 e. The van der Waals surface area contributed by atoms with E-state index >= 15 is 0 Å². The molecule has 3 aromatic rings. The van der Waals surface area contributed by atoms with Crippen LogP contribution in [0.4, 0.5) is 15.9 Å². The highest BCUT2D eigenvalue weighted by Crippen LogP contribution is 2.28. The second-order valence-electron chi connectivity index (χ2n) is 9.02. The summed E-state index contributed by atoms with van der Waals surface area (Å²) >= 11 is 0. The molecule has 1 saturated heterocycles. The third-order valence-corrected chi connectivity index (χ3v) is 6.79. The van der Waals surface area contributed by atoms with Gasteiger partial charge in [-0.05, 0) is 60.0 Å². The highest BCUT2D eigenvalue weighted by atomic mass is 19.1. The molecule has 0 saturated carbocycles. The molecule has 0 spiro atoms. The van der Waals surface area contributed by atoms with Crippen molar-refractivity contribution in [3.63, 3.8) is 0 Å². The van der Waals surface area contributed by atoms with E-state index in [1.165, 1.54) is 12.3 Å². The molecule has 3 N–H and O–H groups in total. The second-order valence-corrected chi connectivity index (χ2v) is 9.02. The SMILES string of the molecule is CNc1ccc2c(c1)C(Cc1ccc(F)c(C(=O)N3CCN(c4ccc(C#N)cn4)CC3)c1)NNC2=O. The van der Waals surface area contributed by atoms with E-state index in [0.717, 1.165) is 22.6 Å². The molecule has 1 fully saturated rings. The quantitative estimate of drug-likeness (QED) is 0.495. The summed E-state index contributed by atoms with van der Waals surface area (Å²) < 4.78 is 14.8. The monoisotopic (exact) mass is 499 g/mol. The van der Waals surface area contributed by atoms with Crippen LogP contribution in [-0.2, 0) is 6.42 Å². The van der Waals surface area contributed by atoms with Gasteiger partial charge >= 0.3 is 0 Å². The topological polar surface area (TPSA) is 113 Å². The van der Waals surface area contributed by atoms with Gasteiger partial charge in [0.2, 0.25) is 0 Å². The number of nitrogens with one attached hydrogen (secondary N) is 3. The van der Waals surface area contributed by atoms with E-state index in [-0.39, 0.29) is 23.4 Å². The lowest BCUT2D eigenvalue weighted by molar-refractivity contribution is 0.0741. The summed E-state index contributed by atoms with van der Waals surface area (Å²) in [7, 11) is 1.81. The van der Waals surface area contributed by atoms with Crippen LogP contribution in [0.3, 0.4) is 0 Å². The summed E-state index contributed by atoms with van der Waals surface area (Å²) in [6.07, 6.45) is 1.98. The Hall–Kier alpha value is -4.49. The van der Waals surface area contributed by atoms with Gasteiger partial charge in [0.15, 0.2) is 0 Å². The van der Waals surface area contributed by atoms with Gasteiger partial charge in [-0.15, -0.1) is 0 Å². The van der Waals surface area contributed by atoms with Crippen molar-refractivity contribution in [2.24, 2.45) is 0 Å². The minimum atomic E-state index is -0.562. The third-order valence-electron chi connectivity index (χ3n) is 6.79. The molecule has 2 aromatic carbocycles. The van der Waals surface area contributed by atoms with Gasteiger partial charge in [0.05, 0.1) is 17.2 Å². The zero-order valence-corrected chi connectivity index (χ0v) is 20.3. The summed E-state index contributed by atoms with van der Waals surface area (Å²) in [6.45, 7) is 1.98. The van der Waals surface area contributed by atoms with E-state index in [2.05, 4.69) is 27.2 Å². The van der Waals surface area contributed by atoms with Gasteiger partial charge < -0.3 is 15.1 Å². The number of aromatic nitrogens is 1. The van der Waals surface area contributed by atoms with Crippen molar-refractivity contribution in [3.8, 4) is 6.07 Å². The Balaban J connectivity index is 1.29. The number of fused-ring (bicyclic) bond motifs is 1. The number of halogens is 1. The average molecular weight is 500 g/mol. The molecule has 2 amide bonds. The Bertz CT molecular complexity index is 1380. The molecule has 3 heterocycles. The fourth-order valence-corrected chi connectivity index (χ4v) is 4.72. The molecule has 1 unspecified atom stereocenters. The molecule has 0 aliphatic carbocycles. The molecular formula is C27H26FN7O2. The van der Waals surface area contributed by atoms with Gasteiger partial charge in [-0.3, -0.25) is 15.0 Å². The first-order valence-corrected chi connectivity index (χ1v) is 12.0. The zero-order valence-electron chi connectivity index (χ0n) is 20.3. The highest BCUT2D eigenvalue weighted by Gasteiger charge is 2.28. The van der Waals surface area contributed by atoms with E-state index < -0.39 is 5.82 Å². The lowest BCUT2D eigenvalue weighted by atomic mass is 9.92. The maximum absolute atomic E-state index is 14.8. The van der Waals surface area contributed by atoms with Gasteiger partial charge in [-0.2, -0.15) is 5.26 Å². The number of carbonyl (C=O) groups excluding carboxylic acids is 2. The van der Waals surface area contributed by atoms with Crippen molar-refractivity contribution >= 4 is 23.3 Å². The van der Waals surface area contributed by atoms with Crippen LogP contribution >= 0.6 is 0 Å². The number of benzene rings is 2. The normalized spacial score (nSPS) is 17.0. The van der Waals surface area contributed by atoms with Crippen LogP contribution in [0.2, 0.25) is 0 Å². The number of pyridine rings is 1. The van der Waals surface area contributed by atoms with Gasteiger partial charge in [0, 0.05) is 50.7 Å². The lowest BCUT2D eigenvalue weighted by Gasteiger charge is -2.35. The number of hydrogen-bond donors (Lipinski definition) is 3. The van der Waals surface area contributed by atoms with E-state index in [1.54, 1.807) is 35.2 Å². The Morgan fingerprint density at radius 1 is 1.16 bits per heavy atom. The number of nitriles is 1. The van der Waals surface area contributed by atoms with E-state index in [0.29, 0.717) is 43.7 Å². The molecule has 9 nitrogen and oxygen atoms in total. The van der Waals surface area contributed by atoms with Crippen molar-refractivity contribution in [2.45, 2.75) is 12.5 Å². The number of carbonyl (C=O) groups is 2. The van der Waals surface area contributed by atoms with Crippen LogP contribution < -0.4 is 21.1 Å². The Kier molecular flexibility index (Phi) is 6.70. The first-order valence-electron chi connectivity index (χ1n) is 12.0. The van der Waals surface area contributed by atoms with E-state index in [1.807, 2.05) is 24.1 Å². The third kappa shape index (κ3) is 4.94. The summed E-state index contributed by atoms with van der Waals surface area (Å²) in [5.41, 5.74) is 9.31. The predicted molar refractivity (Wildman–Crippen MR) is 137 cm³/mol. The molecule has 5 rings (SSSR count). The summed E-state index contributed by atoms with van der Waals surface area (Å²) in [5, 5.41) is 12.0. The van der Waals surface area contributed by atoms with E-state index in [9.17, 15) is 14.0 Å². The molecular weight excluding hydrogens is 473 g/mol. The van der Waals surface area contributed by atoms with E-state index in [4.69, 9.17) is 5.26 Å².